The largest absolute Gasteiger partial charge is 0.497 e. The monoisotopic (exact) mass is 628 g/mol. The molecule has 0 aliphatic carbocycles. The number of nitrogens with zero attached hydrogens (tertiary/aromatic N) is 2. The van der Waals surface area contributed by atoms with E-state index in [4.69, 9.17) is 9.47 Å². The number of carbonyl (C=O) groups excluding carboxylic acids is 1. The molecule has 11 nitrogen and oxygen atoms in total. The average molecular weight is 629 g/mol. The Kier molecular flexibility index (Phi) is 9.25. The van der Waals surface area contributed by atoms with Gasteiger partial charge in [0.05, 0.1) is 35.7 Å². The van der Waals surface area contributed by atoms with Gasteiger partial charge >= 0.3 is 0 Å². The van der Waals surface area contributed by atoms with Crippen LogP contribution in [0.25, 0.3) is 0 Å². The summed E-state index contributed by atoms with van der Waals surface area (Å²) in [6.45, 7) is 4.27. The molecule has 2 fully saturated rings. The fourth-order valence-electron chi connectivity index (χ4n) is 5.24. The minimum atomic E-state index is -4.00. The zero-order chi connectivity index (χ0) is 30.6. The predicted molar refractivity (Wildman–Crippen MR) is 165 cm³/mol. The maximum Gasteiger partial charge on any atom is 0.262 e. The molecule has 3 aromatic rings. The van der Waals surface area contributed by atoms with Crippen LogP contribution in [0, 0.1) is 6.92 Å². The highest BCUT2D eigenvalue weighted by molar-refractivity contribution is 7.92. The first-order valence-corrected chi connectivity index (χ1v) is 17.1. The Morgan fingerprint density at radius 1 is 0.837 bits per heavy atom. The molecule has 43 heavy (non-hydrogen) atoms. The van der Waals surface area contributed by atoms with E-state index in [2.05, 4.69) is 14.9 Å². The number of morpholine rings is 1. The Balaban J connectivity index is 1.45. The summed E-state index contributed by atoms with van der Waals surface area (Å²) in [6.07, 6.45) is 3.03. The van der Waals surface area contributed by atoms with Crippen molar-refractivity contribution in [3.63, 3.8) is 0 Å². The van der Waals surface area contributed by atoms with Crippen molar-refractivity contribution < 1.29 is 31.1 Å². The van der Waals surface area contributed by atoms with Gasteiger partial charge in [0.15, 0.2) is 0 Å². The van der Waals surface area contributed by atoms with Gasteiger partial charge in [0, 0.05) is 43.2 Å². The van der Waals surface area contributed by atoms with E-state index >= 15 is 0 Å². The molecule has 2 N–H and O–H groups in total. The number of methoxy groups -OCH3 is 1. The number of hydrogen-bond donors (Lipinski definition) is 2. The summed E-state index contributed by atoms with van der Waals surface area (Å²) < 4.78 is 67.9. The van der Waals surface area contributed by atoms with E-state index in [0.717, 1.165) is 32.4 Å². The predicted octanol–water partition coefficient (Wildman–Crippen LogP) is 4.07. The summed E-state index contributed by atoms with van der Waals surface area (Å²) >= 11 is 0. The molecular formula is C30H36N4O7S2. The van der Waals surface area contributed by atoms with Gasteiger partial charge in [-0.2, -0.15) is 4.31 Å². The van der Waals surface area contributed by atoms with Gasteiger partial charge in [-0.3, -0.25) is 9.52 Å². The maximum atomic E-state index is 13.8. The van der Waals surface area contributed by atoms with Crippen molar-refractivity contribution in [2.45, 2.75) is 36.0 Å². The van der Waals surface area contributed by atoms with Crippen molar-refractivity contribution in [1.82, 2.24) is 4.31 Å². The smallest absolute Gasteiger partial charge is 0.262 e. The molecule has 1 amide bonds. The van der Waals surface area contributed by atoms with E-state index in [-0.39, 0.29) is 34.1 Å². The van der Waals surface area contributed by atoms with Gasteiger partial charge in [0.25, 0.3) is 15.9 Å². The van der Waals surface area contributed by atoms with Crippen molar-refractivity contribution in [3.05, 3.63) is 71.8 Å². The third-order valence-corrected chi connectivity index (χ3v) is 11.0. The highest BCUT2D eigenvalue weighted by atomic mass is 32.2. The molecule has 0 bridgehead atoms. The van der Waals surface area contributed by atoms with Crippen LogP contribution in [0.15, 0.2) is 70.5 Å². The van der Waals surface area contributed by atoms with Gasteiger partial charge in [-0.05, 0) is 86.3 Å². The van der Waals surface area contributed by atoms with Crippen LogP contribution >= 0.6 is 0 Å². The minimum Gasteiger partial charge on any atom is -0.497 e. The normalized spacial score (nSPS) is 16.5. The molecule has 0 spiro atoms. The molecule has 5 rings (SSSR count). The van der Waals surface area contributed by atoms with Crippen molar-refractivity contribution in [2.75, 3.05) is 61.4 Å². The summed E-state index contributed by atoms with van der Waals surface area (Å²) in [6, 6.07) is 15.8. The number of anilines is 3. The molecule has 2 aliphatic heterocycles. The van der Waals surface area contributed by atoms with Crippen LogP contribution in [0.2, 0.25) is 0 Å². The molecule has 0 saturated carbocycles. The lowest BCUT2D eigenvalue weighted by atomic mass is 10.1. The van der Waals surface area contributed by atoms with E-state index in [9.17, 15) is 21.6 Å². The molecule has 0 radical (unpaired) electrons. The van der Waals surface area contributed by atoms with Gasteiger partial charge in [0.2, 0.25) is 10.0 Å². The summed E-state index contributed by atoms with van der Waals surface area (Å²) in [7, 11) is -6.32. The van der Waals surface area contributed by atoms with Crippen LogP contribution < -0.4 is 19.7 Å². The molecule has 0 aromatic heterocycles. The van der Waals surface area contributed by atoms with Crippen molar-refractivity contribution in [2.24, 2.45) is 0 Å². The molecule has 230 valence electrons. The first-order valence-electron chi connectivity index (χ1n) is 14.1. The van der Waals surface area contributed by atoms with E-state index in [1.54, 1.807) is 55.5 Å². The van der Waals surface area contributed by atoms with E-state index in [1.165, 1.54) is 23.5 Å². The molecular weight excluding hydrogens is 592 g/mol. The number of ether oxygens (including phenoxy) is 2. The van der Waals surface area contributed by atoms with Crippen LogP contribution in [0.5, 0.6) is 5.75 Å². The molecule has 2 heterocycles. The highest BCUT2D eigenvalue weighted by Crippen LogP contribution is 2.30. The van der Waals surface area contributed by atoms with Gasteiger partial charge in [-0.1, -0.05) is 6.07 Å². The Morgan fingerprint density at radius 2 is 1.51 bits per heavy atom. The van der Waals surface area contributed by atoms with Gasteiger partial charge in [-0.25, -0.2) is 16.8 Å². The number of amides is 1. The van der Waals surface area contributed by atoms with Crippen LogP contribution in [-0.4, -0.2) is 73.6 Å². The third-order valence-electron chi connectivity index (χ3n) is 7.59. The second-order valence-electron chi connectivity index (χ2n) is 10.5. The van der Waals surface area contributed by atoms with E-state index in [1.807, 2.05) is 0 Å². The lowest BCUT2D eigenvalue weighted by molar-refractivity contribution is 0.0730. The highest BCUT2D eigenvalue weighted by Gasteiger charge is 2.29. The van der Waals surface area contributed by atoms with Gasteiger partial charge < -0.3 is 19.7 Å². The van der Waals surface area contributed by atoms with Crippen molar-refractivity contribution >= 4 is 43.0 Å². The first-order chi connectivity index (χ1) is 20.6. The number of carbonyl (C=O) groups is 1. The van der Waals surface area contributed by atoms with E-state index in [0.29, 0.717) is 35.9 Å². The number of sulfonamides is 2. The van der Waals surface area contributed by atoms with Crippen LogP contribution in [0.1, 0.15) is 35.2 Å². The maximum absolute atomic E-state index is 13.8. The number of nitrogens with one attached hydrogen (secondary N) is 2. The van der Waals surface area contributed by atoms with Gasteiger partial charge in [-0.15, -0.1) is 0 Å². The van der Waals surface area contributed by atoms with Crippen molar-refractivity contribution in [3.8, 4) is 5.75 Å². The quantitative estimate of drug-likeness (QED) is 0.362. The zero-order valence-electron chi connectivity index (χ0n) is 24.2. The molecule has 0 unspecified atom stereocenters. The first kappa shape index (κ1) is 30.8. The van der Waals surface area contributed by atoms with E-state index < -0.39 is 26.0 Å². The Morgan fingerprint density at radius 3 is 2.19 bits per heavy atom. The van der Waals surface area contributed by atoms with Crippen LogP contribution in [0.4, 0.5) is 17.1 Å². The number of piperidine rings is 1. The van der Waals surface area contributed by atoms with Gasteiger partial charge in [0.1, 0.15) is 5.75 Å². The second-order valence-corrected chi connectivity index (χ2v) is 14.1. The lowest BCUT2D eigenvalue weighted by Crippen LogP contribution is -2.40. The second kappa shape index (κ2) is 12.9. The average Bonchev–Trinajstić information content (AvgIpc) is 3.02. The lowest BCUT2D eigenvalue weighted by Gasteiger charge is -2.31. The minimum absolute atomic E-state index is 0.000943. The number of aryl methyl sites for hydroxylation is 1. The molecule has 3 aromatic carbocycles. The summed E-state index contributed by atoms with van der Waals surface area (Å²) in [5.74, 6) is 0.0597. The number of hydrogen-bond acceptors (Lipinski definition) is 8. The summed E-state index contributed by atoms with van der Waals surface area (Å²) in [4.78, 5) is 15.9. The number of rotatable bonds is 9. The SMILES string of the molecule is COc1ccc(NS(=O)(=O)c2cc(NC(=O)c3cc(S(=O)(=O)N4CCOCC4)ccc3N3CCCCC3)ccc2C)cc1. The summed E-state index contributed by atoms with van der Waals surface area (Å²) in [5.41, 5.74) is 1.96. The molecule has 0 atom stereocenters. The van der Waals surface area contributed by atoms with Crippen LogP contribution in [-0.2, 0) is 24.8 Å². The number of benzene rings is 3. The summed E-state index contributed by atoms with van der Waals surface area (Å²) in [5, 5.41) is 2.81. The van der Waals surface area contributed by atoms with Crippen molar-refractivity contribution in [1.29, 1.82) is 0 Å². The Labute approximate surface area is 252 Å². The Bertz CT molecular complexity index is 1680. The molecule has 13 heteroatoms. The zero-order valence-corrected chi connectivity index (χ0v) is 25.8. The fraction of sp³-hybridized carbons (Fsp3) is 0.367. The fourth-order valence-corrected chi connectivity index (χ4v) is 8.00. The standard InChI is InChI=1S/C30H36N4O7S2/c1-22-6-7-24(20-29(22)42(36,37)32-23-8-10-25(40-2)11-9-23)31-30(35)27-21-26(43(38,39)34-16-18-41-19-17-34)12-13-28(27)33-14-4-3-5-15-33/h6-13,20-21,32H,3-5,14-19H2,1-2H3,(H,31,35). The topological polar surface area (TPSA) is 134 Å². The third kappa shape index (κ3) is 6.96. The molecule has 2 aliphatic rings. The molecule has 2 saturated heterocycles. The Hall–Kier alpha value is -3.65. The van der Waals surface area contributed by atoms with Crippen LogP contribution in [0.3, 0.4) is 0 Å².